The molecule has 3 heterocycles. The van der Waals surface area contributed by atoms with Gasteiger partial charge in [-0.3, -0.25) is 15.0 Å². The van der Waals surface area contributed by atoms with Gasteiger partial charge in [-0.15, -0.1) is 0 Å². The fourth-order valence-electron chi connectivity index (χ4n) is 2.57. The lowest BCUT2D eigenvalue weighted by molar-refractivity contribution is 0.0933. The van der Waals surface area contributed by atoms with E-state index >= 15 is 0 Å². The Morgan fingerprint density at radius 2 is 2.11 bits per heavy atom. The van der Waals surface area contributed by atoms with E-state index in [2.05, 4.69) is 30.7 Å². The summed E-state index contributed by atoms with van der Waals surface area (Å²) in [5.74, 6) is 2.85. The Hall–Kier alpha value is -3.56. The Morgan fingerprint density at radius 1 is 1.26 bits per heavy atom. The number of nitrogens with one attached hydrogen (secondary N) is 3. The fourth-order valence-corrected chi connectivity index (χ4v) is 2.57. The summed E-state index contributed by atoms with van der Waals surface area (Å²) in [6.45, 7) is 4.04. The first-order valence-electron chi connectivity index (χ1n) is 8.35. The van der Waals surface area contributed by atoms with Crippen molar-refractivity contribution in [2.45, 2.75) is 26.5 Å². The SMILES string of the molecule is Cc1nc(C(C)NC(=O)c2cc(COc3ccc4c(c3)OCO4)[nH]n2)n[nH]1. The molecule has 0 bridgehead atoms. The predicted molar refractivity (Wildman–Crippen MR) is 92.5 cm³/mol. The number of carbonyl (C=O) groups is 1. The molecule has 3 aromatic rings. The lowest BCUT2D eigenvalue weighted by Crippen LogP contribution is -2.27. The first-order valence-corrected chi connectivity index (χ1v) is 8.35. The molecule has 0 saturated heterocycles. The van der Waals surface area contributed by atoms with Crippen molar-refractivity contribution in [1.29, 1.82) is 0 Å². The molecule has 2 aromatic heterocycles. The van der Waals surface area contributed by atoms with Gasteiger partial charge in [0.2, 0.25) is 6.79 Å². The van der Waals surface area contributed by atoms with Gasteiger partial charge in [0.05, 0.1) is 11.7 Å². The van der Waals surface area contributed by atoms with Gasteiger partial charge in [-0.1, -0.05) is 0 Å². The van der Waals surface area contributed by atoms with Crippen LogP contribution in [0.25, 0.3) is 0 Å². The van der Waals surface area contributed by atoms with Crippen molar-refractivity contribution in [3.63, 3.8) is 0 Å². The third-order valence-electron chi connectivity index (χ3n) is 3.95. The number of hydrogen-bond donors (Lipinski definition) is 3. The summed E-state index contributed by atoms with van der Waals surface area (Å²) in [6.07, 6.45) is 0. The lowest BCUT2D eigenvalue weighted by atomic mass is 10.3. The molecule has 10 heteroatoms. The average molecular weight is 370 g/mol. The second-order valence-electron chi connectivity index (χ2n) is 6.06. The van der Waals surface area contributed by atoms with E-state index in [1.807, 2.05) is 0 Å². The summed E-state index contributed by atoms with van der Waals surface area (Å²) in [5.41, 5.74) is 0.928. The molecule has 0 saturated carbocycles. The standard InChI is InChI=1S/C17H18N6O4/c1-9(16-19-10(2)20-23-16)18-17(24)13-5-11(21-22-13)7-25-12-3-4-14-15(6-12)27-8-26-14/h3-6,9H,7-8H2,1-2H3,(H,18,24)(H,21,22)(H,19,20,23). The van der Waals surface area contributed by atoms with E-state index in [0.717, 1.165) is 0 Å². The molecule has 1 aromatic carbocycles. The number of ether oxygens (including phenoxy) is 3. The summed E-state index contributed by atoms with van der Waals surface area (Å²) in [5, 5.41) is 16.4. The molecule has 1 atom stereocenters. The Kier molecular flexibility index (Phi) is 4.37. The van der Waals surface area contributed by atoms with Gasteiger partial charge in [0, 0.05) is 6.07 Å². The second kappa shape index (κ2) is 6.98. The summed E-state index contributed by atoms with van der Waals surface area (Å²) < 4.78 is 16.3. The average Bonchev–Trinajstić information content (AvgIpc) is 3.39. The molecule has 1 unspecified atom stereocenters. The number of hydrogen-bond acceptors (Lipinski definition) is 7. The molecule has 27 heavy (non-hydrogen) atoms. The first kappa shape index (κ1) is 16.9. The van der Waals surface area contributed by atoms with E-state index < -0.39 is 0 Å². The number of carbonyl (C=O) groups excluding carboxylic acids is 1. The van der Waals surface area contributed by atoms with Gasteiger partial charge in [0.15, 0.2) is 17.3 Å². The predicted octanol–water partition coefficient (Wildman–Crippen LogP) is 1.63. The van der Waals surface area contributed by atoms with Crippen LogP contribution in [0.1, 0.15) is 40.8 Å². The number of amides is 1. The largest absolute Gasteiger partial charge is 0.487 e. The van der Waals surface area contributed by atoms with Gasteiger partial charge in [0.25, 0.3) is 5.91 Å². The normalized spacial score (nSPS) is 13.4. The first-order chi connectivity index (χ1) is 13.1. The highest BCUT2D eigenvalue weighted by molar-refractivity contribution is 5.92. The van der Waals surface area contributed by atoms with Crippen molar-refractivity contribution in [3.8, 4) is 17.2 Å². The third kappa shape index (κ3) is 3.68. The summed E-state index contributed by atoms with van der Waals surface area (Å²) in [7, 11) is 0. The topological polar surface area (TPSA) is 127 Å². The highest BCUT2D eigenvalue weighted by Gasteiger charge is 2.18. The van der Waals surface area contributed by atoms with E-state index in [9.17, 15) is 4.79 Å². The zero-order valence-corrected chi connectivity index (χ0v) is 14.8. The van der Waals surface area contributed by atoms with Gasteiger partial charge in [0.1, 0.15) is 23.9 Å². The van der Waals surface area contributed by atoms with Gasteiger partial charge < -0.3 is 19.5 Å². The summed E-state index contributed by atoms with van der Waals surface area (Å²) in [6, 6.07) is 6.63. The summed E-state index contributed by atoms with van der Waals surface area (Å²) >= 11 is 0. The van der Waals surface area contributed by atoms with Crippen LogP contribution in [0.2, 0.25) is 0 Å². The van der Waals surface area contributed by atoms with Gasteiger partial charge in [-0.2, -0.15) is 10.2 Å². The number of fused-ring (bicyclic) bond motifs is 1. The number of rotatable bonds is 6. The minimum atomic E-state index is -0.340. The maximum Gasteiger partial charge on any atom is 0.272 e. The third-order valence-corrected chi connectivity index (χ3v) is 3.95. The van der Waals surface area contributed by atoms with Crippen LogP contribution in [0.5, 0.6) is 17.2 Å². The van der Waals surface area contributed by atoms with Crippen molar-refractivity contribution >= 4 is 5.91 Å². The van der Waals surface area contributed by atoms with Crippen LogP contribution < -0.4 is 19.5 Å². The maximum atomic E-state index is 12.3. The zero-order chi connectivity index (χ0) is 18.8. The molecule has 140 valence electrons. The molecule has 4 rings (SSSR count). The van der Waals surface area contributed by atoms with Crippen LogP contribution in [-0.2, 0) is 6.61 Å². The Balaban J connectivity index is 1.34. The fraction of sp³-hybridized carbons (Fsp3) is 0.294. The number of nitrogens with zero attached hydrogens (tertiary/aromatic N) is 3. The van der Waals surface area contributed by atoms with Crippen molar-refractivity contribution in [3.05, 3.63) is 47.3 Å². The van der Waals surface area contributed by atoms with Crippen LogP contribution >= 0.6 is 0 Å². The maximum absolute atomic E-state index is 12.3. The van der Waals surface area contributed by atoms with Crippen LogP contribution in [-0.4, -0.2) is 38.1 Å². The van der Waals surface area contributed by atoms with Gasteiger partial charge in [-0.25, -0.2) is 4.98 Å². The van der Waals surface area contributed by atoms with Crippen LogP contribution in [0, 0.1) is 6.92 Å². The molecular formula is C17H18N6O4. The molecule has 1 aliphatic heterocycles. The molecule has 1 aliphatic rings. The van der Waals surface area contributed by atoms with Crippen molar-refractivity contribution in [2.24, 2.45) is 0 Å². The Morgan fingerprint density at radius 3 is 2.93 bits per heavy atom. The minimum Gasteiger partial charge on any atom is -0.487 e. The molecule has 0 fully saturated rings. The van der Waals surface area contributed by atoms with E-state index in [1.54, 1.807) is 38.1 Å². The van der Waals surface area contributed by atoms with Gasteiger partial charge in [-0.05, 0) is 32.0 Å². The zero-order valence-electron chi connectivity index (χ0n) is 14.8. The lowest BCUT2D eigenvalue weighted by Gasteiger charge is -2.08. The number of aromatic amines is 2. The van der Waals surface area contributed by atoms with Gasteiger partial charge >= 0.3 is 0 Å². The Labute approximate surface area is 154 Å². The van der Waals surface area contributed by atoms with E-state index in [1.165, 1.54) is 0 Å². The van der Waals surface area contributed by atoms with Crippen LogP contribution in [0.3, 0.4) is 0 Å². The quantitative estimate of drug-likeness (QED) is 0.602. The molecule has 10 nitrogen and oxygen atoms in total. The number of benzene rings is 1. The summed E-state index contributed by atoms with van der Waals surface area (Å²) in [4.78, 5) is 16.5. The van der Waals surface area contributed by atoms with Crippen molar-refractivity contribution in [2.75, 3.05) is 6.79 Å². The van der Waals surface area contributed by atoms with E-state index in [-0.39, 0.29) is 31.0 Å². The highest BCUT2D eigenvalue weighted by atomic mass is 16.7. The smallest absolute Gasteiger partial charge is 0.272 e. The second-order valence-corrected chi connectivity index (χ2v) is 6.06. The molecule has 3 N–H and O–H groups in total. The highest BCUT2D eigenvalue weighted by Crippen LogP contribution is 2.35. The molecule has 0 radical (unpaired) electrons. The monoisotopic (exact) mass is 370 g/mol. The number of aromatic nitrogens is 5. The Bertz CT molecular complexity index is 966. The number of H-pyrrole nitrogens is 2. The minimum absolute atomic E-state index is 0.212. The number of aryl methyl sites for hydroxylation is 1. The van der Waals surface area contributed by atoms with Crippen LogP contribution in [0.4, 0.5) is 0 Å². The molecule has 0 spiro atoms. The molecule has 1 amide bonds. The molecule has 0 aliphatic carbocycles. The van der Waals surface area contributed by atoms with Crippen LogP contribution in [0.15, 0.2) is 24.3 Å². The van der Waals surface area contributed by atoms with E-state index in [4.69, 9.17) is 14.2 Å². The molecular weight excluding hydrogens is 352 g/mol. The van der Waals surface area contributed by atoms with Crippen molar-refractivity contribution in [1.82, 2.24) is 30.7 Å². The van der Waals surface area contributed by atoms with E-state index in [0.29, 0.717) is 34.6 Å². The van der Waals surface area contributed by atoms with Crippen molar-refractivity contribution < 1.29 is 19.0 Å².